The maximum atomic E-state index is 11.8. The molecular weight excluding hydrogens is 178 g/mol. The van der Waals surface area contributed by atoms with Crippen molar-refractivity contribution in [3.63, 3.8) is 0 Å². The van der Waals surface area contributed by atoms with E-state index in [1.807, 2.05) is 20.8 Å². The van der Waals surface area contributed by atoms with Crippen molar-refractivity contribution in [1.29, 1.82) is 0 Å². The Labute approximate surface area is 84.1 Å². The van der Waals surface area contributed by atoms with E-state index in [-0.39, 0.29) is 11.2 Å². The minimum atomic E-state index is -0.480. The molecule has 14 heavy (non-hydrogen) atoms. The first-order chi connectivity index (χ1) is 6.32. The van der Waals surface area contributed by atoms with E-state index in [2.05, 4.69) is 5.10 Å². The van der Waals surface area contributed by atoms with Gasteiger partial charge in [-0.05, 0) is 5.41 Å². The van der Waals surface area contributed by atoms with Gasteiger partial charge >= 0.3 is 0 Å². The Hall–Kier alpha value is -1.16. The maximum absolute atomic E-state index is 11.8. The average Bonchev–Trinajstić information content (AvgIpc) is 2.47. The minimum absolute atomic E-state index is 0.0504. The Balaban J connectivity index is 2.86. The van der Waals surface area contributed by atoms with Gasteiger partial charge in [-0.3, -0.25) is 9.48 Å². The topological polar surface area (TPSA) is 60.9 Å². The first-order valence-electron chi connectivity index (χ1n) is 4.61. The van der Waals surface area contributed by atoms with Gasteiger partial charge in [-0.2, -0.15) is 5.10 Å². The zero-order valence-electron chi connectivity index (χ0n) is 9.11. The number of rotatable bonds is 2. The van der Waals surface area contributed by atoms with Crippen LogP contribution >= 0.6 is 0 Å². The third kappa shape index (κ3) is 2.20. The molecule has 4 nitrogen and oxygen atoms in total. The van der Waals surface area contributed by atoms with Gasteiger partial charge in [0.2, 0.25) is 0 Å². The molecule has 0 radical (unpaired) electrons. The fraction of sp³-hybridized carbons (Fsp3) is 0.600. The van der Waals surface area contributed by atoms with E-state index in [1.165, 1.54) is 0 Å². The Morgan fingerprint density at radius 1 is 1.57 bits per heavy atom. The van der Waals surface area contributed by atoms with Crippen LogP contribution in [0.1, 0.15) is 31.1 Å². The predicted octanol–water partition coefficient (Wildman–Crippen LogP) is 0.976. The Morgan fingerprint density at radius 3 is 2.50 bits per heavy atom. The standard InChI is InChI=1S/C10H17N3O/c1-10(2,3)9(11)8(14)7-5-12-13(4)6-7/h5-6,9H,11H2,1-4H3. The van der Waals surface area contributed by atoms with E-state index in [1.54, 1.807) is 24.1 Å². The van der Waals surface area contributed by atoms with Gasteiger partial charge in [-0.1, -0.05) is 20.8 Å². The molecule has 1 atom stereocenters. The van der Waals surface area contributed by atoms with Crippen LogP contribution in [0.3, 0.4) is 0 Å². The summed E-state index contributed by atoms with van der Waals surface area (Å²) in [4.78, 5) is 11.8. The molecule has 2 N–H and O–H groups in total. The van der Waals surface area contributed by atoms with E-state index in [0.717, 1.165) is 0 Å². The fourth-order valence-electron chi connectivity index (χ4n) is 1.12. The van der Waals surface area contributed by atoms with Crippen LogP contribution in [0.4, 0.5) is 0 Å². The van der Waals surface area contributed by atoms with Crippen LogP contribution in [0.2, 0.25) is 0 Å². The molecule has 1 aromatic rings. The van der Waals surface area contributed by atoms with Gasteiger partial charge in [-0.15, -0.1) is 0 Å². The molecule has 0 saturated carbocycles. The zero-order valence-corrected chi connectivity index (χ0v) is 9.11. The van der Waals surface area contributed by atoms with Crippen LogP contribution in [0.5, 0.6) is 0 Å². The molecule has 4 heteroatoms. The molecule has 0 saturated heterocycles. The molecule has 1 unspecified atom stereocenters. The molecule has 1 rings (SSSR count). The van der Waals surface area contributed by atoms with Crippen molar-refractivity contribution in [3.05, 3.63) is 18.0 Å². The fourth-order valence-corrected chi connectivity index (χ4v) is 1.12. The molecule has 0 fully saturated rings. The summed E-state index contributed by atoms with van der Waals surface area (Å²) in [6.45, 7) is 5.85. The maximum Gasteiger partial charge on any atom is 0.183 e. The number of nitrogens with two attached hydrogens (primary N) is 1. The molecular formula is C10H17N3O. The average molecular weight is 195 g/mol. The molecule has 0 bridgehead atoms. The van der Waals surface area contributed by atoms with E-state index >= 15 is 0 Å². The minimum Gasteiger partial charge on any atom is -0.321 e. The number of Topliss-reactive ketones (excluding diaryl/α,β-unsaturated/α-hetero) is 1. The van der Waals surface area contributed by atoms with Gasteiger partial charge < -0.3 is 5.73 Å². The van der Waals surface area contributed by atoms with Crippen molar-refractivity contribution >= 4 is 5.78 Å². The Morgan fingerprint density at radius 2 is 2.14 bits per heavy atom. The number of aromatic nitrogens is 2. The summed E-state index contributed by atoms with van der Waals surface area (Å²) in [5.41, 5.74) is 6.21. The monoisotopic (exact) mass is 195 g/mol. The van der Waals surface area contributed by atoms with Gasteiger partial charge in [0.1, 0.15) is 0 Å². The highest BCUT2D eigenvalue weighted by atomic mass is 16.1. The van der Waals surface area contributed by atoms with E-state index < -0.39 is 6.04 Å². The summed E-state index contributed by atoms with van der Waals surface area (Å²) in [5, 5.41) is 3.94. The first kappa shape index (κ1) is 10.9. The number of nitrogens with zero attached hydrogens (tertiary/aromatic N) is 2. The largest absolute Gasteiger partial charge is 0.321 e. The van der Waals surface area contributed by atoms with E-state index in [0.29, 0.717) is 5.56 Å². The van der Waals surface area contributed by atoms with Crippen molar-refractivity contribution in [2.75, 3.05) is 0 Å². The second kappa shape index (κ2) is 3.53. The van der Waals surface area contributed by atoms with Crippen LogP contribution in [-0.2, 0) is 7.05 Å². The number of hydrogen-bond acceptors (Lipinski definition) is 3. The molecule has 0 aliphatic rings. The van der Waals surface area contributed by atoms with Gasteiger partial charge in [0.15, 0.2) is 5.78 Å². The van der Waals surface area contributed by atoms with Crippen molar-refractivity contribution in [3.8, 4) is 0 Å². The van der Waals surface area contributed by atoms with Crippen LogP contribution < -0.4 is 5.73 Å². The summed E-state index contributed by atoms with van der Waals surface area (Å²) in [6, 6.07) is -0.480. The zero-order chi connectivity index (χ0) is 10.9. The molecule has 1 aromatic heterocycles. The van der Waals surface area contributed by atoms with Crippen LogP contribution in [0.25, 0.3) is 0 Å². The normalized spacial score (nSPS) is 14.1. The summed E-state index contributed by atoms with van der Waals surface area (Å²) in [6.07, 6.45) is 3.24. The second-order valence-corrected chi connectivity index (χ2v) is 4.61. The van der Waals surface area contributed by atoms with Gasteiger partial charge in [0, 0.05) is 13.2 Å². The molecule has 1 heterocycles. The lowest BCUT2D eigenvalue weighted by Gasteiger charge is -2.25. The number of carbonyl (C=O) groups excluding carboxylic acids is 1. The summed E-state index contributed by atoms with van der Waals surface area (Å²) >= 11 is 0. The lowest BCUT2D eigenvalue weighted by atomic mass is 9.83. The molecule has 78 valence electrons. The SMILES string of the molecule is Cn1cc(C(=O)C(N)C(C)(C)C)cn1. The number of carbonyl (C=O) groups is 1. The first-order valence-corrected chi connectivity index (χ1v) is 4.61. The van der Waals surface area contributed by atoms with E-state index in [4.69, 9.17) is 5.73 Å². The Kier molecular flexibility index (Phi) is 2.76. The highest BCUT2D eigenvalue weighted by molar-refractivity contribution is 6.00. The summed E-state index contributed by atoms with van der Waals surface area (Å²) in [7, 11) is 1.78. The van der Waals surface area contributed by atoms with Gasteiger partial charge in [0.05, 0.1) is 17.8 Å². The number of ketones is 1. The van der Waals surface area contributed by atoms with E-state index in [9.17, 15) is 4.79 Å². The number of aryl methyl sites for hydroxylation is 1. The van der Waals surface area contributed by atoms with Gasteiger partial charge in [0.25, 0.3) is 0 Å². The third-order valence-electron chi connectivity index (χ3n) is 2.20. The summed E-state index contributed by atoms with van der Waals surface area (Å²) in [5.74, 6) is -0.0504. The Bertz CT molecular complexity index is 335. The van der Waals surface area contributed by atoms with Crippen LogP contribution in [0.15, 0.2) is 12.4 Å². The van der Waals surface area contributed by atoms with Crippen molar-refractivity contribution < 1.29 is 4.79 Å². The van der Waals surface area contributed by atoms with Crippen LogP contribution in [0, 0.1) is 5.41 Å². The quantitative estimate of drug-likeness (QED) is 0.715. The highest BCUT2D eigenvalue weighted by Crippen LogP contribution is 2.20. The lowest BCUT2D eigenvalue weighted by molar-refractivity contribution is 0.0901. The number of hydrogen-bond donors (Lipinski definition) is 1. The molecule has 0 aromatic carbocycles. The van der Waals surface area contributed by atoms with Crippen LogP contribution in [-0.4, -0.2) is 21.6 Å². The predicted molar refractivity (Wildman–Crippen MR) is 55.0 cm³/mol. The van der Waals surface area contributed by atoms with Crippen molar-refractivity contribution in [2.24, 2.45) is 18.2 Å². The summed E-state index contributed by atoms with van der Waals surface area (Å²) < 4.78 is 1.60. The van der Waals surface area contributed by atoms with Crippen molar-refractivity contribution in [2.45, 2.75) is 26.8 Å². The van der Waals surface area contributed by atoms with Gasteiger partial charge in [-0.25, -0.2) is 0 Å². The second-order valence-electron chi connectivity index (χ2n) is 4.61. The molecule has 0 amide bonds. The molecule has 0 aliphatic heterocycles. The third-order valence-corrected chi connectivity index (χ3v) is 2.20. The molecule has 0 spiro atoms. The lowest BCUT2D eigenvalue weighted by Crippen LogP contribution is -2.42. The van der Waals surface area contributed by atoms with Crippen molar-refractivity contribution in [1.82, 2.24) is 9.78 Å². The smallest absolute Gasteiger partial charge is 0.183 e. The molecule has 0 aliphatic carbocycles. The highest BCUT2D eigenvalue weighted by Gasteiger charge is 2.28.